The second kappa shape index (κ2) is 9.58. The molecule has 0 radical (unpaired) electrons. The van der Waals surface area contributed by atoms with Gasteiger partial charge in [-0.1, -0.05) is 0 Å². The zero-order valence-electron chi connectivity index (χ0n) is 14.7. The maximum absolute atomic E-state index is 12.3. The van der Waals surface area contributed by atoms with Crippen LogP contribution in [-0.4, -0.2) is 43.3 Å². The normalized spacial score (nSPS) is 10.1. The minimum atomic E-state index is -0.575. The lowest BCUT2D eigenvalue weighted by Crippen LogP contribution is -2.16. The molecule has 142 valence electrons. The highest BCUT2D eigenvalue weighted by Gasteiger charge is 2.16. The first kappa shape index (κ1) is 20.2. The number of esters is 1. The van der Waals surface area contributed by atoms with Crippen LogP contribution < -0.4 is 9.47 Å². The molecular formula is C18H17NO7S. The maximum Gasteiger partial charge on any atom is 0.316 e. The molecule has 2 rings (SSSR count). The molecule has 0 aliphatic rings. The SMILES string of the molecule is COc1ccc(OC)c(C(=O)COC(=O)CSc2ccc([N+](=O)[O-])cc2)c1. The third-order valence-corrected chi connectivity index (χ3v) is 4.46. The topological polar surface area (TPSA) is 105 Å². The Bertz CT molecular complexity index is 836. The van der Waals surface area contributed by atoms with Crippen LogP contribution in [-0.2, 0) is 9.53 Å². The number of nitro benzene ring substituents is 1. The number of Topliss-reactive ketones (excluding diaryl/α,β-unsaturated/α-hetero) is 1. The van der Waals surface area contributed by atoms with Crippen molar-refractivity contribution in [1.29, 1.82) is 0 Å². The van der Waals surface area contributed by atoms with E-state index in [0.717, 1.165) is 11.8 Å². The minimum Gasteiger partial charge on any atom is -0.497 e. The van der Waals surface area contributed by atoms with Crippen LogP contribution in [0.5, 0.6) is 11.5 Å². The number of ether oxygens (including phenoxy) is 3. The van der Waals surface area contributed by atoms with E-state index in [4.69, 9.17) is 14.2 Å². The van der Waals surface area contributed by atoms with Crippen LogP contribution in [0.4, 0.5) is 5.69 Å². The van der Waals surface area contributed by atoms with Crippen LogP contribution in [0, 0.1) is 10.1 Å². The number of non-ortho nitro benzene ring substituents is 1. The van der Waals surface area contributed by atoms with E-state index < -0.39 is 23.3 Å². The highest BCUT2D eigenvalue weighted by molar-refractivity contribution is 8.00. The summed E-state index contributed by atoms with van der Waals surface area (Å²) in [5.74, 6) is -0.176. The predicted octanol–water partition coefficient (Wildman–Crippen LogP) is 3.13. The predicted molar refractivity (Wildman–Crippen MR) is 98.7 cm³/mol. The molecule has 0 saturated carbocycles. The van der Waals surface area contributed by atoms with E-state index in [0.29, 0.717) is 16.4 Å². The number of hydrogen-bond acceptors (Lipinski definition) is 8. The minimum absolute atomic E-state index is 0.0274. The molecule has 0 bridgehead atoms. The smallest absolute Gasteiger partial charge is 0.316 e. The van der Waals surface area contributed by atoms with Crippen molar-refractivity contribution in [1.82, 2.24) is 0 Å². The van der Waals surface area contributed by atoms with Gasteiger partial charge in [-0.05, 0) is 30.3 Å². The lowest BCUT2D eigenvalue weighted by Gasteiger charge is -2.10. The summed E-state index contributed by atoms with van der Waals surface area (Å²) in [6.07, 6.45) is 0. The van der Waals surface area contributed by atoms with Gasteiger partial charge in [0.25, 0.3) is 5.69 Å². The number of carbonyl (C=O) groups is 2. The second-order valence-corrected chi connectivity index (χ2v) is 6.24. The van der Waals surface area contributed by atoms with Gasteiger partial charge in [-0.25, -0.2) is 0 Å². The molecular weight excluding hydrogens is 374 g/mol. The van der Waals surface area contributed by atoms with Crippen molar-refractivity contribution >= 4 is 29.2 Å². The third kappa shape index (κ3) is 5.71. The maximum atomic E-state index is 12.3. The van der Waals surface area contributed by atoms with E-state index in [9.17, 15) is 19.7 Å². The summed E-state index contributed by atoms with van der Waals surface area (Å²) in [5, 5.41) is 10.6. The molecule has 0 amide bonds. The molecule has 0 atom stereocenters. The Morgan fingerprint density at radius 2 is 1.78 bits per heavy atom. The first-order valence-electron chi connectivity index (χ1n) is 7.72. The summed E-state index contributed by atoms with van der Waals surface area (Å²) >= 11 is 1.16. The Balaban J connectivity index is 1.88. The number of hydrogen-bond donors (Lipinski definition) is 0. The zero-order valence-corrected chi connectivity index (χ0v) is 15.5. The van der Waals surface area contributed by atoms with Gasteiger partial charge < -0.3 is 14.2 Å². The fourth-order valence-electron chi connectivity index (χ4n) is 2.10. The highest BCUT2D eigenvalue weighted by Crippen LogP contribution is 2.25. The summed E-state index contributed by atoms with van der Waals surface area (Å²) in [6, 6.07) is 10.6. The van der Waals surface area contributed by atoms with Gasteiger partial charge in [-0.3, -0.25) is 19.7 Å². The number of ketones is 1. The molecule has 27 heavy (non-hydrogen) atoms. The van der Waals surface area contributed by atoms with Gasteiger partial charge in [0.2, 0.25) is 5.78 Å². The number of thioether (sulfide) groups is 1. The molecule has 0 N–H and O–H groups in total. The van der Waals surface area contributed by atoms with Crippen LogP contribution in [0.2, 0.25) is 0 Å². The second-order valence-electron chi connectivity index (χ2n) is 5.19. The first-order chi connectivity index (χ1) is 12.9. The van der Waals surface area contributed by atoms with Crippen molar-refractivity contribution in [3.05, 3.63) is 58.1 Å². The summed E-state index contributed by atoms with van der Waals surface area (Å²) in [4.78, 5) is 34.9. The quantitative estimate of drug-likeness (QED) is 0.211. The molecule has 0 aliphatic heterocycles. The van der Waals surface area contributed by atoms with Gasteiger partial charge in [0, 0.05) is 17.0 Å². The molecule has 0 fully saturated rings. The molecule has 0 saturated heterocycles. The molecule has 0 heterocycles. The van der Waals surface area contributed by atoms with E-state index in [1.54, 1.807) is 24.3 Å². The number of benzene rings is 2. The summed E-state index contributed by atoms with van der Waals surface area (Å²) in [5.41, 5.74) is 0.229. The zero-order chi connectivity index (χ0) is 19.8. The third-order valence-electron chi connectivity index (χ3n) is 3.48. The molecule has 8 nitrogen and oxygen atoms in total. The molecule has 9 heteroatoms. The van der Waals surface area contributed by atoms with Crippen molar-refractivity contribution in [3.63, 3.8) is 0 Å². The molecule has 2 aromatic carbocycles. The van der Waals surface area contributed by atoms with Gasteiger partial charge in [0.15, 0.2) is 6.61 Å². The van der Waals surface area contributed by atoms with E-state index in [1.165, 1.54) is 32.4 Å². The Labute approximate surface area is 159 Å². The monoisotopic (exact) mass is 391 g/mol. The molecule has 0 spiro atoms. The van der Waals surface area contributed by atoms with Crippen molar-refractivity contribution in [2.45, 2.75) is 4.90 Å². The van der Waals surface area contributed by atoms with Gasteiger partial charge in [0.05, 0.1) is 30.5 Å². The lowest BCUT2D eigenvalue weighted by atomic mass is 10.1. The van der Waals surface area contributed by atoms with Gasteiger partial charge >= 0.3 is 5.97 Å². The summed E-state index contributed by atoms with van der Waals surface area (Å²) in [6.45, 7) is -0.427. The fourth-order valence-corrected chi connectivity index (χ4v) is 2.80. The first-order valence-corrected chi connectivity index (χ1v) is 8.71. The fraction of sp³-hybridized carbons (Fsp3) is 0.222. The Morgan fingerprint density at radius 3 is 2.37 bits per heavy atom. The van der Waals surface area contributed by atoms with Crippen molar-refractivity contribution < 1.29 is 28.7 Å². The molecule has 2 aromatic rings. The number of methoxy groups -OCH3 is 2. The number of rotatable bonds is 9. The Kier molecular flexibility index (Phi) is 7.18. The van der Waals surface area contributed by atoms with Crippen molar-refractivity contribution in [2.75, 3.05) is 26.6 Å². The summed E-state index contributed by atoms with van der Waals surface area (Å²) < 4.78 is 15.2. The van der Waals surface area contributed by atoms with Crippen molar-refractivity contribution in [2.24, 2.45) is 0 Å². The Hall–Kier alpha value is -3.07. The standard InChI is InChI=1S/C18H17NO7S/c1-24-13-5-8-17(25-2)15(9-13)16(20)10-26-18(21)11-27-14-6-3-12(4-7-14)19(22)23/h3-9H,10-11H2,1-2H3. The van der Waals surface area contributed by atoms with E-state index in [2.05, 4.69) is 0 Å². The van der Waals surface area contributed by atoms with E-state index in [1.807, 2.05) is 0 Å². The van der Waals surface area contributed by atoms with Gasteiger partial charge in [-0.15, -0.1) is 11.8 Å². The van der Waals surface area contributed by atoms with Crippen LogP contribution >= 0.6 is 11.8 Å². The number of nitrogens with zero attached hydrogens (tertiary/aromatic N) is 1. The molecule has 0 aromatic heterocycles. The van der Waals surface area contributed by atoms with E-state index in [-0.39, 0.29) is 17.0 Å². The largest absolute Gasteiger partial charge is 0.497 e. The highest BCUT2D eigenvalue weighted by atomic mass is 32.2. The van der Waals surface area contributed by atoms with Crippen LogP contribution in [0.25, 0.3) is 0 Å². The number of nitro groups is 1. The average molecular weight is 391 g/mol. The summed E-state index contributed by atoms with van der Waals surface area (Å²) in [7, 11) is 2.91. The van der Waals surface area contributed by atoms with Crippen LogP contribution in [0.3, 0.4) is 0 Å². The van der Waals surface area contributed by atoms with Gasteiger partial charge in [0.1, 0.15) is 11.5 Å². The molecule has 0 aliphatic carbocycles. The van der Waals surface area contributed by atoms with Crippen molar-refractivity contribution in [3.8, 4) is 11.5 Å². The molecule has 0 unspecified atom stereocenters. The van der Waals surface area contributed by atoms with Crippen LogP contribution in [0.15, 0.2) is 47.4 Å². The number of carbonyl (C=O) groups excluding carboxylic acids is 2. The lowest BCUT2D eigenvalue weighted by molar-refractivity contribution is -0.384. The average Bonchev–Trinajstić information content (AvgIpc) is 2.70. The van der Waals surface area contributed by atoms with Crippen LogP contribution in [0.1, 0.15) is 10.4 Å². The van der Waals surface area contributed by atoms with Gasteiger partial charge in [-0.2, -0.15) is 0 Å². The Morgan fingerprint density at radius 1 is 1.07 bits per heavy atom. The van der Waals surface area contributed by atoms with E-state index >= 15 is 0 Å².